The molecule has 4 rings (SSSR count). The summed E-state index contributed by atoms with van der Waals surface area (Å²) < 4.78 is 1.56. The Balaban J connectivity index is 1.50. The maximum Gasteiger partial charge on any atom is 0.325 e. The van der Waals surface area contributed by atoms with Crippen LogP contribution in [0.25, 0.3) is 10.9 Å². The molecule has 1 unspecified atom stereocenters. The first-order chi connectivity index (χ1) is 21.0. The van der Waals surface area contributed by atoms with E-state index in [0.717, 1.165) is 53.8 Å². The third-order valence-electron chi connectivity index (χ3n) is 7.65. The van der Waals surface area contributed by atoms with E-state index in [4.69, 9.17) is 0 Å². The van der Waals surface area contributed by atoms with Crippen LogP contribution in [0.1, 0.15) is 56.0 Å². The van der Waals surface area contributed by atoms with Crippen LogP contribution in [0.4, 0.5) is 22.0 Å². The molecule has 2 aromatic heterocycles. The van der Waals surface area contributed by atoms with E-state index in [0.29, 0.717) is 24.3 Å². The Morgan fingerprint density at radius 2 is 1.75 bits per heavy atom. The number of nitrogens with zero attached hydrogens (tertiary/aromatic N) is 4. The molecule has 2 heterocycles. The topological polar surface area (TPSA) is 123 Å². The lowest BCUT2D eigenvalue weighted by Crippen LogP contribution is -2.28. The van der Waals surface area contributed by atoms with Gasteiger partial charge in [0, 0.05) is 67.5 Å². The highest BCUT2D eigenvalue weighted by Gasteiger charge is 2.19. The van der Waals surface area contributed by atoms with Gasteiger partial charge in [0.2, 0.25) is 0 Å². The molecule has 0 spiro atoms. The zero-order chi connectivity index (χ0) is 31.9. The lowest BCUT2D eigenvalue weighted by atomic mass is 10.0. The summed E-state index contributed by atoms with van der Waals surface area (Å²) in [5.74, 6) is 0.145. The van der Waals surface area contributed by atoms with Gasteiger partial charge in [-0.25, -0.2) is 9.78 Å². The van der Waals surface area contributed by atoms with E-state index in [1.54, 1.807) is 50.0 Å². The molecule has 44 heavy (non-hydrogen) atoms. The van der Waals surface area contributed by atoms with Crippen LogP contribution in [0.5, 0.6) is 0 Å². The molecule has 0 aliphatic heterocycles. The van der Waals surface area contributed by atoms with Gasteiger partial charge in [0.25, 0.3) is 5.91 Å². The Morgan fingerprint density at radius 1 is 1.02 bits per heavy atom. The number of hydrogen-bond donors (Lipinski definition) is 4. The average Bonchev–Trinajstić information content (AvgIpc) is 3.43. The van der Waals surface area contributed by atoms with Crippen molar-refractivity contribution in [1.82, 2.24) is 19.8 Å². The largest absolute Gasteiger partial charge is 0.393 e. The van der Waals surface area contributed by atoms with Gasteiger partial charge in [-0.1, -0.05) is 19.1 Å². The molecule has 2 aromatic carbocycles. The summed E-state index contributed by atoms with van der Waals surface area (Å²) in [6, 6.07) is 18.7. The first-order valence-electron chi connectivity index (χ1n) is 15.0. The summed E-state index contributed by atoms with van der Waals surface area (Å²) >= 11 is 0. The normalized spacial score (nSPS) is 12.4. The quantitative estimate of drug-likeness (QED) is 0.163. The fourth-order valence-electron chi connectivity index (χ4n) is 4.96. The zero-order valence-corrected chi connectivity index (χ0v) is 26.2. The summed E-state index contributed by atoms with van der Waals surface area (Å²) in [5, 5.41) is 26.8. The molecule has 0 aliphatic rings. The number of benzene rings is 2. The second-order valence-electron chi connectivity index (χ2n) is 11.8. The van der Waals surface area contributed by atoms with Crippen LogP contribution >= 0.6 is 0 Å². The Kier molecular flexibility index (Phi) is 10.7. The zero-order valence-electron chi connectivity index (χ0n) is 26.2. The van der Waals surface area contributed by atoms with Gasteiger partial charge in [-0.3, -0.25) is 9.36 Å². The molecule has 0 saturated heterocycles. The number of anilines is 3. The van der Waals surface area contributed by atoms with Crippen molar-refractivity contribution in [3.8, 4) is 0 Å². The number of aliphatic hydroxyl groups excluding tert-OH is 1. The monoisotopic (exact) mass is 600 g/mol. The number of carbonyl (C=O) groups excluding carboxylic acids is 2. The Bertz CT molecular complexity index is 1560. The van der Waals surface area contributed by atoms with Crippen LogP contribution < -0.4 is 15.5 Å². The van der Waals surface area contributed by atoms with Crippen molar-refractivity contribution in [2.24, 2.45) is 0 Å². The molecule has 1 atom stereocenters. The van der Waals surface area contributed by atoms with Gasteiger partial charge >= 0.3 is 6.03 Å². The van der Waals surface area contributed by atoms with Crippen molar-refractivity contribution >= 4 is 40.0 Å². The first-order valence-corrected chi connectivity index (χ1v) is 15.0. The van der Waals surface area contributed by atoms with Gasteiger partial charge in [0.15, 0.2) is 0 Å². The third kappa shape index (κ3) is 8.66. The highest BCUT2D eigenvalue weighted by atomic mass is 16.3. The van der Waals surface area contributed by atoms with Crippen LogP contribution in [0.3, 0.4) is 0 Å². The number of aliphatic hydroxyl groups is 2. The molecule has 10 nitrogen and oxygen atoms in total. The summed E-state index contributed by atoms with van der Waals surface area (Å²) in [4.78, 5) is 34.0. The van der Waals surface area contributed by atoms with Crippen molar-refractivity contribution in [2.45, 2.75) is 58.3 Å². The highest BCUT2D eigenvalue weighted by Crippen LogP contribution is 2.31. The van der Waals surface area contributed by atoms with Crippen molar-refractivity contribution in [3.63, 3.8) is 0 Å². The second kappa shape index (κ2) is 14.5. The van der Waals surface area contributed by atoms with Gasteiger partial charge in [-0.15, -0.1) is 0 Å². The first kappa shape index (κ1) is 32.7. The summed E-state index contributed by atoms with van der Waals surface area (Å²) in [5.41, 5.74) is 3.19. The van der Waals surface area contributed by atoms with Gasteiger partial charge in [0.05, 0.1) is 17.2 Å². The summed E-state index contributed by atoms with van der Waals surface area (Å²) in [6.45, 7) is 7.56. The lowest BCUT2D eigenvalue weighted by Gasteiger charge is -2.28. The SMILES string of the molecule is CCC(O)CCN(C)Cc1ccc(C(=O)Nc2cc(N(CCC(C)(C)O)c3ccc4c(ccn4C(=O)NC)c3)ccn2)cc1. The van der Waals surface area contributed by atoms with Crippen molar-refractivity contribution in [1.29, 1.82) is 0 Å². The van der Waals surface area contributed by atoms with Gasteiger partial charge < -0.3 is 30.6 Å². The van der Waals surface area contributed by atoms with Crippen molar-refractivity contribution < 1.29 is 19.8 Å². The van der Waals surface area contributed by atoms with Crippen LogP contribution in [-0.4, -0.2) is 75.5 Å². The Morgan fingerprint density at radius 3 is 2.43 bits per heavy atom. The summed E-state index contributed by atoms with van der Waals surface area (Å²) in [6.07, 6.45) is 5.08. The molecule has 0 bridgehead atoms. The number of pyridine rings is 1. The molecule has 0 radical (unpaired) electrons. The number of hydrogen-bond acceptors (Lipinski definition) is 7. The smallest absolute Gasteiger partial charge is 0.325 e. The van der Waals surface area contributed by atoms with E-state index in [-0.39, 0.29) is 18.0 Å². The van der Waals surface area contributed by atoms with Crippen LogP contribution in [0.2, 0.25) is 0 Å². The number of amides is 2. The third-order valence-corrected chi connectivity index (χ3v) is 7.65. The molecule has 4 N–H and O–H groups in total. The molecule has 4 aromatic rings. The molecule has 10 heteroatoms. The van der Waals surface area contributed by atoms with Gasteiger partial charge in [0.1, 0.15) is 5.82 Å². The minimum Gasteiger partial charge on any atom is -0.393 e. The van der Waals surface area contributed by atoms with E-state index in [1.807, 2.05) is 62.5 Å². The van der Waals surface area contributed by atoms with Crippen LogP contribution in [-0.2, 0) is 6.54 Å². The number of aromatic nitrogens is 2. The lowest BCUT2D eigenvalue weighted by molar-refractivity contribution is 0.0737. The Labute approximate surface area is 259 Å². The molecule has 0 fully saturated rings. The predicted octanol–water partition coefficient (Wildman–Crippen LogP) is 5.37. The van der Waals surface area contributed by atoms with E-state index in [9.17, 15) is 19.8 Å². The molecule has 0 saturated carbocycles. The molecular formula is C34H44N6O4. The molecule has 2 amide bonds. The molecule has 234 valence electrons. The number of rotatable bonds is 13. The fraction of sp³-hybridized carbons (Fsp3) is 0.382. The molecule has 0 aliphatic carbocycles. The standard InChI is InChI=1S/C34H44N6O4/c1-6-29(41)15-18-38(5)23-24-7-9-25(10-8-24)32(42)37-31-22-28(13-17-36-31)39(20-16-34(2,3)44)27-11-12-30-26(21-27)14-19-40(30)33(43)35-4/h7-14,17,19,21-22,29,41,44H,6,15-16,18,20,23H2,1-5H3,(H,35,43)(H,36,37,42). The maximum absolute atomic E-state index is 13.1. The van der Waals surface area contributed by atoms with Gasteiger partial charge in [-0.05, 0) is 88.2 Å². The van der Waals surface area contributed by atoms with Gasteiger partial charge in [-0.2, -0.15) is 0 Å². The van der Waals surface area contributed by atoms with E-state index in [1.165, 1.54) is 0 Å². The highest BCUT2D eigenvalue weighted by molar-refractivity contribution is 6.04. The molecular weight excluding hydrogens is 556 g/mol. The average molecular weight is 601 g/mol. The van der Waals surface area contributed by atoms with E-state index >= 15 is 0 Å². The van der Waals surface area contributed by atoms with Crippen LogP contribution in [0, 0.1) is 0 Å². The van der Waals surface area contributed by atoms with Crippen molar-refractivity contribution in [3.05, 3.63) is 84.2 Å². The minimum absolute atomic E-state index is 0.216. The number of carbonyl (C=O) groups is 2. The van der Waals surface area contributed by atoms with E-state index in [2.05, 4.69) is 25.4 Å². The van der Waals surface area contributed by atoms with Crippen molar-refractivity contribution in [2.75, 3.05) is 37.4 Å². The van der Waals surface area contributed by atoms with E-state index < -0.39 is 5.60 Å². The number of fused-ring (bicyclic) bond motifs is 1. The second-order valence-corrected chi connectivity index (χ2v) is 11.8. The summed E-state index contributed by atoms with van der Waals surface area (Å²) in [7, 11) is 3.61. The van der Waals surface area contributed by atoms with Crippen LogP contribution in [0.15, 0.2) is 73.1 Å². The fourth-order valence-corrected chi connectivity index (χ4v) is 4.96. The predicted molar refractivity (Wildman–Crippen MR) is 176 cm³/mol. The minimum atomic E-state index is -0.882. The maximum atomic E-state index is 13.1. The number of nitrogens with one attached hydrogen (secondary N) is 2. The Hall–Kier alpha value is -4.25.